The van der Waals surface area contributed by atoms with E-state index in [1.54, 1.807) is 11.8 Å². The summed E-state index contributed by atoms with van der Waals surface area (Å²) in [6, 6.07) is 2.01. The first kappa shape index (κ1) is 10.2. The average Bonchev–Trinajstić information content (AvgIpc) is 2.47. The Morgan fingerprint density at radius 3 is 3.08 bits per heavy atom. The number of ether oxygens (including phenoxy) is 1. The van der Waals surface area contributed by atoms with Gasteiger partial charge >= 0.3 is 0 Å². The third-order valence-corrected chi connectivity index (χ3v) is 3.91. The molecule has 0 amide bonds. The summed E-state index contributed by atoms with van der Waals surface area (Å²) in [5, 5.41) is 8.62. The van der Waals surface area contributed by atoms with Crippen LogP contribution >= 0.6 is 23.4 Å². The third-order valence-electron chi connectivity index (χ3n) is 1.90. The van der Waals surface area contributed by atoms with Gasteiger partial charge in [-0.05, 0) is 13.3 Å². The summed E-state index contributed by atoms with van der Waals surface area (Å²) in [5.74, 6) is 0.705. The predicted octanol–water partition coefficient (Wildman–Crippen LogP) is 2.03. The van der Waals surface area contributed by atoms with Crippen molar-refractivity contribution in [3.05, 3.63) is 0 Å². The summed E-state index contributed by atoms with van der Waals surface area (Å²) in [6.07, 6.45) is 1.40. The van der Waals surface area contributed by atoms with E-state index in [-0.39, 0.29) is 5.38 Å². The molecule has 1 rings (SSSR count). The van der Waals surface area contributed by atoms with Crippen LogP contribution < -0.4 is 0 Å². The van der Waals surface area contributed by atoms with Crippen molar-refractivity contribution in [3.63, 3.8) is 0 Å². The Morgan fingerprint density at radius 2 is 2.58 bits per heavy atom. The fourth-order valence-electron chi connectivity index (χ4n) is 1.18. The normalized spacial score (nSPS) is 31.4. The van der Waals surface area contributed by atoms with Gasteiger partial charge in [0.15, 0.2) is 0 Å². The molecule has 0 saturated carbocycles. The van der Waals surface area contributed by atoms with Crippen molar-refractivity contribution < 1.29 is 4.74 Å². The number of rotatable bonds is 3. The largest absolute Gasteiger partial charge is 0.377 e. The van der Waals surface area contributed by atoms with Crippen molar-refractivity contribution in [2.75, 3.05) is 12.4 Å². The minimum absolute atomic E-state index is 0.317. The predicted molar refractivity (Wildman–Crippen MR) is 51.5 cm³/mol. The maximum atomic E-state index is 8.45. The second-order valence-electron chi connectivity index (χ2n) is 2.83. The minimum atomic E-state index is -0.359. The number of hydrogen-bond acceptors (Lipinski definition) is 3. The molecule has 0 bridgehead atoms. The SMILES string of the molecule is CC1OCCC1SCC(Cl)C#N. The van der Waals surface area contributed by atoms with E-state index < -0.39 is 0 Å². The maximum Gasteiger partial charge on any atom is 0.129 e. The quantitative estimate of drug-likeness (QED) is 0.661. The molecular formula is C8H12ClNOS. The van der Waals surface area contributed by atoms with Crippen molar-refractivity contribution in [1.82, 2.24) is 0 Å². The van der Waals surface area contributed by atoms with E-state index in [1.807, 2.05) is 6.07 Å². The van der Waals surface area contributed by atoms with Gasteiger partial charge in [0.2, 0.25) is 0 Å². The highest BCUT2D eigenvalue weighted by Crippen LogP contribution is 2.27. The van der Waals surface area contributed by atoms with Crippen LogP contribution in [0.4, 0.5) is 0 Å². The van der Waals surface area contributed by atoms with Gasteiger partial charge in [0, 0.05) is 17.6 Å². The zero-order chi connectivity index (χ0) is 8.97. The van der Waals surface area contributed by atoms with Gasteiger partial charge in [0.05, 0.1) is 12.2 Å². The molecule has 12 heavy (non-hydrogen) atoms. The van der Waals surface area contributed by atoms with Crippen LogP contribution in [0.25, 0.3) is 0 Å². The molecule has 1 aliphatic heterocycles. The molecule has 0 N–H and O–H groups in total. The fourth-order valence-corrected chi connectivity index (χ4v) is 2.50. The lowest BCUT2D eigenvalue weighted by Gasteiger charge is -2.12. The van der Waals surface area contributed by atoms with E-state index >= 15 is 0 Å². The molecule has 3 unspecified atom stereocenters. The number of thioether (sulfide) groups is 1. The zero-order valence-corrected chi connectivity index (χ0v) is 8.57. The Balaban J connectivity index is 2.19. The van der Waals surface area contributed by atoms with Gasteiger partial charge in [0.25, 0.3) is 0 Å². The zero-order valence-electron chi connectivity index (χ0n) is 7.00. The van der Waals surface area contributed by atoms with E-state index in [0.29, 0.717) is 17.1 Å². The Bertz CT molecular complexity index is 182. The molecule has 0 aromatic carbocycles. The molecule has 0 radical (unpaired) electrons. The van der Waals surface area contributed by atoms with Crippen LogP contribution in [0.1, 0.15) is 13.3 Å². The topological polar surface area (TPSA) is 33.0 Å². The lowest BCUT2D eigenvalue weighted by Crippen LogP contribution is -2.15. The number of alkyl halides is 1. The van der Waals surface area contributed by atoms with Crippen LogP contribution in [0, 0.1) is 11.3 Å². The van der Waals surface area contributed by atoms with E-state index in [0.717, 1.165) is 13.0 Å². The maximum absolute atomic E-state index is 8.45. The molecule has 68 valence electrons. The summed E-state index contributed by atoms with van der Waals surface area (Å²) in [7, 11) is 0. The lowest BCUT2D eigenvalue weighted by molar-refractivity contribution is 0.127. The Labute approximate surface area is 82.2 Å². The highest BCUT2D eigenvalue weighted by atomic mass is 35.5. The van der Waals surface area contributed by atoms with Gasteiger partial charge in [-0.15, -0.1) is 11.6 Å². The first-order valence-electron chi connectivity index (χ1n) is 4.01. The lowest BCUT2D eigenvalue weighted by atomic mass is 10.3. The van der Waals surface area contributed by atoms with E-state index in [1.165, 1.54) is 0 Å². The smallest absolute Gasteiger partial charge is 0.129 e. The molecule has 1 aliphatic rings. The van der Waals surface area contributed by atoms with Crippen LogP contribution in [-0.2, 0) is 4.74 Å². The summed E-state index contributed by atoms with van der Waals surface area (Å²) in [5.41, 5.74) is 0. The molecule has 0 aromatic heterocycles. The van der Waals surface area contributed by atoms with Crippen LogP contribution in [0.3, 0.4) is 0 Å². The Hall–Kier alpha value is 0.0900. The van der Waals surface area contributed by atoms with Crippen molar-refractivity contribution >= 4 is 23.4 Å². The number of nitriles is 1. The summed E-state index contributed by atoms with van der Waals surface area (Å²) in [6.45, 7) is 2.92. The number of halogens is 1. The number of hydrogen-bond donors (Lipinski definition) is 0. The Kier molecular flexibility index (Phi) is 4.20. The molecule has 1 saturated heterocycles. The van der Waals surface area contributed by atoms with Gasteiger partial charge in [-0.25, -0.2) is 0 Å². The van der Waals surface area contributed by atoms with Crippen molar-refractivity contribution in [2.45, 2.75) is 30.1 Å². The number of nitrogens with zero attached hydrogens (tertiary/aromatic N) is 1. The van der Waals surface area contributed by atoms with E-state index in [9.17, 15) is 0 Å². The third kappa shape index (κ3) is 2.85. The molecular weight excluding hydrogens is 194 g/mol. The molecule has 3 atom stereocenters. The fraction of sp³-hybridized carbons (Fsp3) is 0.875. The van der Waals surface area contributed by atoms with Crippen LogP contribution in [0.2, 0.25) is 0 Å². The molecule has 2 nitrogen and oxygen atoms in total. The second-order valence-corrected chi connectivity index (χ2v) is 4.63. The van der Waals surface area contributed by atoms with E-state index in [4.69, 9.17) is 21.6 Å². The highest BCUT2D eigenvalue weighted by molar-refractivity contribution is 8.00. The molecule has 0 aliphatic carbocycles. The van der Waals surface area contributed by atoms with Gasteiger partial charge in [-0.3, -0.25) is 0 Å². The van der Waals surface area contributed by atoms with Crippen LogP contribution in [0.15, 0.2) is 0 Å². The van der Waals surface area contributed by atoms with Crippen molar-refractivity contribution in [2.24, 2.45) is 0 Å². The van der Waals surface area contributed by atoms with Gasteiger partial charge in [-0.1, -0.05) is 0 Å². The second kappa shape index (κ2) is 4.96. The summed E-state index contributed by atoms with van der Waals surface area (Å²) >= 11 is 7.41. The average molecular weight is 206 g/mol. The van der Waals surface area contributed by atoms with Crippen LogP contribution in [-0.4, -0.2) is 29.1 Å². The van der Waals surface area contributed by atoms with Gasteiger partial charge in [-0.2, -0.15) is 17.0 Å². The monoisotopic (exact) mass is 205 g/mol. The first-order chi connectivity index (χ1) is 5.74. The molecule has 0 aromatic rings. The first-order valence-corrected chi connectivity index (χ1v) is 5.49. The van der Waals surface area contributed by atoms with Crippen molar-refractivity contribution in [1.29, 1.82) is 5.26 Å². The molecule has 1 heterocycles. The standard InChI is InChI=1S/C8H12ClNOS/c1-6-8(2-3-11-6)12-5-7(9)4-10/h6-8H,2-3,5H2,1H3. The van der Waals surface area contributed by atoms with Crippen molar-refractivity contribution in [3.8, 4) is 6.07 Å². The molecule has 1 fully saturated rings. The van der Waals surface area contributed by atoms with Gasteiger partial charge in [0.1, 0.15) is 5.38 Å². The van der Waals surface area contributed by atoms with E-state index in [2.05, 4.69) is 6.92 Å². The molecule has 4 heteroatoms. The summed E-state index contributed by atoms with van der Waals surface area (Å²) < 4.78 is 5.38. The minimum Gasteiger partial charge on any atom is -0.377 e. The van der Waals surface area contributed by atoms with Gasteiger partial charge < -0.3 is 4.74 Å². The summed E-state index contributed by atoms with van der Waals surface area (Å²) in [4.78, 5) is 0. The highest BCUT2D eigenvalue weighted by Gasteiger charge is 2.24. The van der Waals surface area contributed by atoms with Crippen LogP contribution in [0.5, 0.6) is 0 Å². The Morgan fingerprint density at radius 1 is 1.83 bits per heavy atom. The molecule has 0 spiro atoms.